The first-order chi connectivity index (χ1) is 5.74. The van der Waals surface area contributed by atoms with Crippen molar-refractivity contribution < 1.29 is 4.79 Å². The minimum absolute atomic E-state index is 0.277. The van der Waals surface area contributed by atoms with Crippen LogP contribution in [0.25, 0.3) is 0 Å². The van der Waals surface area contributed by atoms with Gasteiger partial charge in [0.1, 0.15) is 0 Å². The average molecular weight is 185 g/mol. The fourth-order valence-electron chi connectivity index (χ4n) is 0.838. The summed E-state index contributed by atoms with van der Waals surface area (Å²) in [6.45, 7) is 0.590. The normalized spacial score (nSPS) is 9.50. The maximum atomic E-state index is 10.9. The Bertz CT molecular complexity index is 247. The van der Waals surface area contributed by atoms with Crippen molar-refractivity contribution in [3.8, 4) is 0 Å². The molecule has 0 aliphatic rings. The third-order valence-corrected chi connectivity index (χ3v) is 2.20. The maximum Gasteiger partial charge on any atom is 0.331 e. The van der Waals surface area contributed by atoms with Crippen LogP contribution in [0, 0.1) is 0 Å². The van der Waals surface area contributed by atoms with E-state index in [0.717, 1.165) is 5.56 Å². The molecule has 2 amide bonds. The maximum absolute atomic E-state index is 10.9. The number of nitrogens with two attached hydrogens (primary N) is 1. The highest BCUT2D eigenvalue weighted by Crippen LogP contribution is 2.07. The van der Waals surface area contributed by atoms with Gasteiger partial charge in [-0.05, 0) is 22.4 Å². The molecule has 3 N–H and O–H groups in total. The lowest BCUT2D eigenvalue weighted by molar-refractivity contribution is 0.207. The molecule has 1 heterocycles. The summed E-state index contributed by atoms with van der Waals surface area (Å²) in [6.07, 6.45) is 0. The Hall–Kier alpha value is -1.07. The Kier molecular flexibility index (Phi) is 3.07. The van der Waals surface area contributed by atoms with Crippen LogP contribution in [0.4, 0.5) is 4.79 Å². The number of nitrogens with one attached hydrogen (secondary N) is 1. The van der Waals surface area contributed by atoms with Crippen molar-refractivity contribution in [1.29, 1.82) is 0 Å². The Balaban J connectivity index is 2.47. The molecule has 0 aliphatic heterocycles. The lowest BCUT2D eigenvalue weighted by Gasteiger charge is -2.14. The lowest BCUT2D eigenvalue weighted by Crippen LogP contribution is -2.40. The fourth-order valence-corrected chi connectivity index (χ4v) is 1.50. The van der Waals surface area contributed by atoms with E-state index in [0.29, 0.717) is 6.54 Å². The molecule has 5 heteroatoms. The molecule has 4 nitrogen and oxygen atoms in total. The third kappa shape index (κ3) is 2.21. The van der Waals surface area contributed by atoms with E-state index in [9.17, 15) is 4.79 Å². The summed E-state index contributed by atoms with van der Waals surface area (Å²) < 4.78 is 0. The molecule has 1 aromatic heterocycles. The van der Waals surface area contributed by atoms with E-state index in [-0.39, 0.29) is 6.03 Å². The summed E-state index contributed by atoms with van der Waals surface area (Å²) in [7, 11) is 1.69. The molecule has 12 heavy (non-hydrogen) atoms. The van der Waals surface area contributed by atoms with E-state index in [1.165, 1.54) is 4.90 Å². The van der Waals surface area contributed by atoms with E-state index in [2.05, 4.69) is 5.43 Å². The Morgan fingerprint density at radius 2 is 2.58 bits per heavy atom. The number of hydrazine groups is 1. The van der Waals surface area contributed by atoms with Crippen molar-refractivity contribution in [2.45, 2.75) is 6.54 Å². The smallest absolute Gasteiger partial charge is 0.322 e. The molecule has 0 fully saturated rings. The van der Waals surface area contributed by atoms with Crippen LogP contribution >= 0.6 is 11.3 Å². The van der Waals surface area contributed by atoms with Crippen LogP contribution in [0.2, 0.25) is 0 Å². The molecule has 0 aromatic carbocycles. The van der Waals surface area contributed by atoms with Gasteiger partial charge in [-0.3, -0.25) is 5.43 Å². The van der Waals surface area contributed by atoms with Crippen molar-refractivity contribution in [1.82, 2.24) is 10.3 Å². The molecule has 0 atom stereocenters. The fraction of sp³-hybridized carbons (Fsp3) is 0.286. The predicted octanol–water partition coefficient (Wildman–Crippen LogP) is 0.763. The monoisotopic (exact) mass is 185 g/mol. The topological polar surface area (TPSA) is 58.4 Å². The quantitative estimate of drug-likeness (QED) is 0.406. The first-order valence-electron chi connectivity index (χ1n) is 3.47. The summed E-state index contributed by atoms with van der Waals surface area (Å²) in [5.74, 6) is 4.96. The van der Waals surface area contributed by atoms with Crippen molar-refractivity contribution >= 4 is 17.4 Å². The molecule has 1 rings (SSSR count). The Morgan fingerprint density at radius 3 is 3.08 bits per heavy atom. The zero-order valence-electron chi connectivity index (χ0n) is 6.78. The minimum atomic E-state index is -0.277. The highest BCUT2D eigenvalue weighted by molar-refractivity contribution is 7.07. The molecular weight excluding hydrogens is 174 g/mol. The number of hydrogen-bond acceptors (Lipinski definition) is 3. The molecule has 0 bridgehead atoms. The van der Waals surface area contributed by atoms with Crippen LogP contribution in [-0.4, -0.2) is 18.0 Å². The lowest BCUT2D eigenvalue weighted by atomic mass is 10.3. The molecular formula is C7H11N3OS. The van der Waals surface area contributed by atoms with Gasteiger partial charge in [0.05, 0.1) is 0 Å². The van der Waals surface area contributed by atoms with E-state index < -0.39 is 0 Å². The van der Waals surface area contributed by atoms with Gasteiger partial charge in [-0.25, -0.2) is 10.6 Å². The second-order valence-electron chi connectivity index (χ2n) is 2.44. The summed E-state index contributed by atoms with van der Waals surface area (Å²) >= 11 is 1.61. The van der Waals surface area contributed by atoms with Gasteiger partial charge in [0.15, 0.2) is 0 Å². The zero-order valence-corrected chi connectivity index (χ0v) is 7.60. The van der Waals surface area contributed by atoms with E-state index in [1.807, 2.05) is 16.8 Å². The molecule has 0 saturated heterocycles. The number of carbonyl (C=O) groups excluding carboxylic acids is 1. The standard InChI is InChI=1S/C7H11N3OS/c1-10(7(11)9-8)4-6-2-3-12-5-6/h2-3,5H,4,8H2,1H3,(H,9,11). The summed E-state index contributed by atoms with van der Waals surface area (Å²) in [6, 6.07) is 1.70. The summed E-state index contributed by atoms with van der Waals surface area (Å²) in [5.41, 5.74) is 3.18. The van der Waals surface area contributed by atoms with Crippen molar-refractivity contribution in [3.05, 3.63) is 22.4 Å². The second-order valence-corrected chi connectivity index (χ2v) is 3.22. The molecule has 0 spiro atoms. The summed E-state index contributed by atoms with van der Waals surface area (Å²) in [4.78, 5) is 12.4. The van der Waals surface area contributed by atoms with Gasteiger partial charge >= 0.3 is 6.03 Å². The molecule has 1 aromatic rings. The van der Waals surface area contributed by atoms with Crippen LogP contribution < -0.4 is 11.3 Å². The van der Waals surface area contributed by atoms with Crippen LogP contribution in [0.3, 0.4) is 0 Å². The number of rotatable bonds is 2. The number of carbonyl (C=O) groups is 1. The van der Waals surface area contributed by atoms with E-state index in [1.54, 1.807) is 18.4 Å². The van der Waals surface area contributed by atoms with Crippen LogP contribution in [0.5, 0.6) is 0 Å². The Labute approximate surface area is 74.9 Å². The van der Waals surface area contributed by atoms with Gasteiger partial charge < -0.3 is 4.90 Å². The van der Waals surface area contributed by atoms with Crippen LogP contribution in [-0.2, 0) is 6.54 Å². The first kappa shape index (κ1) is 9.02. The van der Waals surface area contributed by atoms with Crippen LogP contribution in [0.15, 0.2) is 16.8 Å². The highest BCUT2D eigenvalue weighted by Gasteiger charge is 2.05. The molecule has 0 unspecified atom stereocenters. The van der Waals surface area contributed by atoms with Gasteiger partial charge in [0, 0.05) is 13.6 Å². The number of thiophene rings is 1. The van der Waals surface area contributed by atoms with Crippen LogP contribution in [0.1, 0.15) is 5.56 Å². The van der Waals surface area contributed by atoms with Crippen molar-refractivity contribution in [2.24, 2.45) is 5.84 Å². The number of hydrogen-bond donors (Lipinski definition) is 2. The highest BCUT2D eigenvalue weighted by atomic mass is 32.1. The molecule has 0 aliphatic carbocycles. The van der Waals surface area contributed by atoms with Gasteiger partial charge in [-0.15, -0.1) is 0 Å². The predicted molar refractivity (Wildman–Crippen MR) is 48.5 cm³/mol. The molecule has 0 radical (unpaired) electrons. The minimum Gasteiger partial charge on any atom is -0.322 e. The van der Waals surface area contributed by atoms with Gasteiger partial charge in [0.2, 0.25) is 0 Å². The van der Waals surface area contributed by atoms with Gasteiger partial charge in [-0.1, -0.05) is 0 Å². The summed E-state index contributed by atoms with van der Waals surface area (Å²) in [5, 5.41) is 3.98. The Morgan fingerprint density at radius 1 is 1.83 bits per heavy atom. The molecule has 66 valence electrons. The first-order valence-corrected chi connectivity index (χ1v) is 4.41. The van der Waals surface area contributed by atoms with Crippen molar-refractivity contribution in [2.75, 3.05) is 7.05 Å². The van der Waals surface area contributed by atoms with Gasteiger partial charge in [0.25, 0.3) is 0 Å². The van der Waals surface area contributed by atoms with E-state index >= 15 is 0 Å². The SMILES string of the molecule is CN(Cc1ccsc1)C(=O)NN. The number of amides is 2. The largest absolute Gasteiger partial charge is 0.331 e. The number of urea groups is 1. The number of nitrogens with zero attached hydrogens (tertiary/aromatic N) is 1. The van der Waals surface area contributed by atoms with E-state index in [4.69, 9.17) is 5.84 Å². The second kappa shape index (κ2) is 4.08. The van der Waals surface area contributed by atoms with Crippen molar-refractivity contribution in [3.63, 3.8) is 0 Å². The average Bonchev–Trinajstić information content (AvgIpc) is 2.55. The molecule has 0 saturated carbocycles. The third-order valence-electron chi connectivity index (χ3n) is 1.47. The zero-order chi connectivity index (χ0) is 8.97. The van der Waals surface area contributed by atoms with Gasteiger partial charge in [-0.2, -0.15) is 11.3 Å².